The fourth-order valence-electron chi connectivity index (χ4n) is 3.50. The predicted molar refractivity (Wildman–Crippen MR) is 111 cm³/mol. The van der Waals surface area contributed by atoms with Crippen LogP contribution in [0.5, 0.6) is 11.5 Å². The Morgan fingerprint density at radius 2 is 2.10 bits per heavy atom. The lowest BCUT2D eigenvalue weighted by Crippen LogP contribution is -2.33. The maximum atomic E-state index is 12.8. The van der Waals surface area contributed by atoms with E-state index in [9.17, 15) is 9.90 Å². The van der Waals surface area contributed by atoms with Gasteiger partial charge in [-0.1, -0.05) is 23.7 Å². The van der Waals surface area contributed by atoms with E-state index in [0.717, 1.165) is 22.4 Å². The Bertz CT molecular complexity index is 1050. The van der Waals surface area contributed by atoms with Gasteiger partial charge in [-0.2, -0.15) is 5.10 Å². The lowest BCUT2D eigenvalue weighted by atomic mass is 10.0. The average Bonchev–Trinajstić information content (AvgIpc) is 2.99. The van der Waals surface area contributed by atoms with E-state index in [-0.39, 0.29) is 11.7 Å². The largest absolute Gasteiger partial charge is 0.504 e. The third-order valence-electron chi connectivity index (χ3n) is 4.95. The highest BCUT2D eigenvalue weighted by molar-refractivity contribution is 6.30. The van der Waals surface area contributed by atoms with Crippen LogP contribution in [-0.2, 0) is 17.9 Å². The fourth-order valence-corrected chi connectivity index (χ4v) is 3.69. The van der Waals surface area contributed by atoms with Crippen LogP contribution in [-0.4, -0.2) is 38.8 Å². The Kier molecular flexibility index (Phi) is 5.45. The van der Waals surface area contributed by atoms with Crippen LogP contribution in [0.1, 0.15) is 17.7 Å². The van der Waals surface area contributed by atoms with Crippen LogP contribution in [0.3, 0.4) is 0 Å². The first kappa shape index (κ1) is 19.3. The SMILES string of the molecule is Cc1ccn(CCC(=O)N2CCOc3c(O)cc(-c4cccc(Cl)c4)cc3C2)n1. The zero-order valence-corrected chi connectivity index (χ0v) is 16.9. The zero-order chi connectivity index (χ0) is 20.4. The van der Waals surface area contributed by atoms with Crippen molar-refractivity contribution in [3.63, 3.8) is 0 Å². The molecule has 0 saturated carbocycles. The number of aromatic nitrogens is 2. The molecule has 1 N–H and O–H groups in total. The van der Waals surface area contributed by atoms with E-state index in [1.807, 2.05) is 43.5 Å². The summed E-state index contributed by atoms with van der Waals surface area (Å²) >= 11 is 6.11. The maximum absolute atomic E-state index is 12.8. The van der Waals surface area contributed by atoms with Crippen LogP contribution in [0.4, 0.5) is 0 Å². The number of halogens is 1. The maximum Gasteiger partial charge on any atom is 0.224 e. The number of aromatic hydroxyl groups is 1. The Labute approximate surface area is 174 Å². The number of nitrogens with zero attached hydrogens (tertiary/aromatic N) is 3. The van der Waals surface area contributed by atoms with Crippen molar-refractivity contribution in [1.82, 2.24) is 14.7 Å². The summed E-state index contributed by atoms with van der Waals surface area (Å²) in [6.45, 7) is 3.64. The van der Waals surface area contributed by atoms with Crippen molar-refractivity contribution in [2.75, 3.05) is 13.2 Å². The molecule has 1 amide bonds. The van der Waals surface area contributed by atoms with E-state index >= 15 is 0 Å². The quantitative estimate of drug-likeness (QED) is 0.703. The number of phenolic OH excluding ortho intramolecular Hbond substituents is 1. The van der Waals surface area contributed by atoms with Crippen LogP contribution in [0.25, 0.3) is 11.1 Å². The number of fused-ring (bicyclic) bond motifs is 1. The Hall–Kier alpha value is -2.99. The molecule has 7 heteroatoms. The van der Waals surface area contributed by atoms with Gasteiger partial charge in [-0.15, -0.1) is 0 Å². The first-order chi connectivity index (χ1) is 14.0. The van der Waals surface area contributed by atoms with Gasteiger partial charge in [0.2, 0.25) is 5.91 Å². The van der Waals surface area contributed by atoms with E-state index in [4.69, 9.17) is 16.3 Å². The van der Waals surface area contributed by atoms with Gasteiger partial charge in [0, 0.05) is 36.3 Å². The standard InChI is InChI=1S/C22H22ClN3O3/c1-15-5-7-26(24-15)8-6-21(28)25-9-10-29-22-18(14-25)11-17(13-20(22)27)16-3-2-4-19(23)12-16/h2-5,7,11-13,27H,6,8-10,14H2,1H3. The van der Waals surface area contributed by atoms with Gasteiger partial charge in [-0.25, -0.2) is 0 Å². The lowest BCUT2D eigenvalue weighted by molar-refractivity contribution is -0.132. The average molecular weight is 412 g/mol. The van der Waals surface area contributed by atoms with Crippen molar-refractivity contribution in [2.45, 2.75) is 26.4 Å². The van der Waals surface area contributed by atoms with Crippen LogP contribution in [0.15, 0.2) is 48.7 Å². The minimum absolute atomic E-state index is 0.0299. The van der Waals surface area contributed by atoms with Gasteiger partial charge < -0.3 is 14.7 Å². The fraction of sp³-hybridized carbons (Fsp3) is 0.273. The molecule has 1 aliphatic rings. The number of ether oxygens (including phenoxy) is 1. The molecule has 150 valence electrons. The topological polar surface area (TPSA) is 67.6 Å². The molecule has 0 fully saturated rings. The molecule has 1 aromatic heterocycles. The van der Waals surface area contributed by atoms with Crippen molar-refractivity contribution in [1.29, 1.82) is 0 Å². The third kappa shape index (κ3) is 4.38. The van der Waals surface area contributed by atoms with Gasteiger partial charge in [0.15, 0.2) is 11.5 Å². The van der Waals surface area contributed by atoms with Crippen LogP contribution in [0, 0.1) is 6.92 Å². The normalized spacial score (nSPS) is 13.5. The number of hydrogen-bond acceptors (Lipinski definition) is 4. The number of benzene rings is 2. The zero-order valence-electron chi connectivity index (χ0n) is 16.1. The second kappa shape index (κ2) is 8.17. The van der Waals surface area contributed by atoms with E-state index in [1.165, 1.54) is 0 Å². The molecule has 2 heterocycles. The summed E-state index contributed by atoms with van der Waals surface area (Å²) in [7, 11) is 0. The number of carbonyl (C=O) groups excluding carboxylic acids is 1. The van der Waals surface area contributed by atoms with Gasteiger partial charge in [0.25, 0.3) is 0 Å². The Balaban J connectivity index is 1.54. The van der Waals surface area contributed by atoms with Crippen molar-refractivity contribution in [2.24, 2.45) is 0 Å². The minimum atomic E-state index is 0.0299. The number of amides is 1. The number of rotatable bonds is 4. The van der Waals surface area contributed by atoms with E-state index < -0.39 is 0 Å². The summed E-state index contributed by atoms with van der Waals surface area (Å²) in [5.74, 6) is 0.537. The molecule has 29 heavy (non-hydrogen) atoms. The molecule has 0 unspecified atom stereocenters. The van der Waals surface area contributed by atoms with E-state index in [2.05, 4.69) is 5.10 Å². The summed E-state index contributed by atoms with van der Waals surface area (Å²) in [5.41, 5.74) is 3.43. The molecule has 0 spiro atoms. The molecule has 0 aliphatic carbocycles. The molecule has 2 aromatic carbocycles. The van der Waals surface area contributed by atoms with Gasteiger partial charge in [-0.3, -0.25) is 9.48 Å². The van der Waals surface area contributed by atoms with Gasteiger partial charge in [0.05, 0.1) is 12.2 Å². The Morgan fingerprint density at radius 1 is 1.24 bits per heavy atom. The van der Waals surface area contributed by atoms with Crippen molar-refractivity contribution in [3.8, 4) is 22.6 Å². The van der Waals surface area contributed by atoms with Crippen LogP contribution < -0.4 is 4.74 Å². The van der Waals surface area contributed by atoms with Crippen molar-refractivity contribution in [3.05, 3.63) is 64.9 Å². The third-order valence-corrected chi connectivity index (χ3v) is 5.19. The van der Waals surface area contributed by atoms with Gasteiger partial charge in [0.1, 0.15) is 6.61 Å². The molecular formula is C22H22ClN3O3. The summed E-state index contributed by atoms with van der Waals surface area (Å²) in [6, 6.07) is 13.0. The van der Waals surface area contributed by atoms with Crippen LogP contribution in [0.2, 0.25) is 5.02 Å². The first-order valence-electron chi connectivity index (χ1n) is 9.52. The second-order valence-electron chi connectivity index (χ2n) is 7.13. The Morgan fingerprint density at radius 3 is 2.86 bits per heavy atom. The van der Waals surface area contributed by atoms with Crippen molar-refractivity contribution >= 4 is 17.5 Å². The van der Waals surface area contributed by atoms with E-state index in [1.54, 1.807) is 21.7 Å². The second-order valence-corrected chi connectivity index (χ2v) is 7.56. The molecule has 6 nitrogen and oxygen atoms in total. The minimum Gasteiger partial charge on any atom is -0.504 e. The summed E-state index contributed by atoms with van der Waals surface area (Å²) in [5, 5.41) is 15.4. The highest BCUT2D eigenvalue weighted by Gasteiger charge is 2.23. The summed E-state index contributed by atoms with van der Waals surface area (Å²) in [4.78, 5) is 14.5. The lowest BCUT2D eigenvalue weighted by Gasteiger charge is -2.20. The summed E-state index contributed by atoms with van der Waals surface area (Å²) < 4.78 is 7.53. The smallest absolute Gasteiger partial charge is 0.224 e. The number of aryl methyl sites for hydroxylation is 2. The van der Waals surface area contributed by atoms with Crippen LogP contribution >= 0.6 is 11.6 Å². The molecule has 3 aromatic rings. The van der Waals surface area contributed by atoms with Gasteiger partial charge >= 0.3 is 0 Å². The monoisotopic (exact) mass is 411 g/mol. The van der Waals surface area contributed by atoms with E-state index in [0.29, 0.717) is 43.4 Å². The highest BCUT2D eigenvalue weighted by Crippen LogP contribution is 2.38. The predicted octanol–water partition coefficient (Wildman–Crippen LogP) is 4.03. The molecule has 4 rings (SSSR count). The number of hydrogen-bond donors (Lipinski definition) is 1. The summed E-state index contributed by atoms with van der Waals surface area (Å²) in [6.07, 6.45) is 2.23. The molecular weight excluding hydrogens is 390 g/mol. The van der Waals surface area contributed by atoms with Crippen molar-refractivity contribution < 1.29 is 14.6 Å². The van der Waals surface area contributed by atoms with Gasteiger partial charge in [-0.05, 0) is 48.4 Å². The molecule has 0 bridgehead atoms. The molecule has 1 aliphatic heterocycles. The molecule has 0 atom stereocenters. The number of carbonyl (C=O) groups is 1. The highest BCUT2D eigenvalue weighted by atomic mass is 35.5. The number of phenols is 1. The molecule has 0 saturated heterocycles. The molecule has 0 radical (unpaired) electrons. The first-order valence-corrected chi connectivity index (χ1v) is 9.90.